The molecule has 6 heteroatoms. The highest BCUT2D eigenvalue weighted by atomic mass is 16.5. The van der Waals surface area contributed by atoms with Gasteiger partial charge in [0, 0.05) is 25.9 Å². The summed E-state index contributed by atoms with van der Waals surface area (Å²) in [4.78, 5) is 30.9. The molecule has 2 aromatic carbocycles. The second-order valence-electron chi connectivity index (χ2n) is 6.64. The molecule has 3 rings (SSSR count). The summed E-state index contributed by atoms with van der Waals surface area (Å²) in [6.07, 6.45) is 2.18. The second kappa shape index (κ2) is 9.89. The maximum Gasteiger partial charge on any atom is 0.259 e. The third-order valence-electron chi connectivity index (χ3n) is 4.84. The van der Waals surface area contributed by atoms with E-state index in [1.807, 2.05) is 37.3 Å². The molecule has 0 saturated carbocycles. The van der Waals surface area contributed by atoms with E-state index in [2.05, 4.69) is 4.98 Å². The number of para-hydroxylation sites is 1. The minimum atomic E-state index is -0.302. The van der Waals surface area contributed by atoms with Gasteiger partial charge in [-0.3, -0.25) is 9.59 Å². The number of pyridine rings is 1. The first kappa shape index (κ1) is 20.6. The van der Waals surface area contributed by atoms with E-state index >= 15 is 0 Å². The second-order valence-corrected chi connectivity index (χ2v) is 6.64. The number of carbonyl (C=O) groups is 1. The van der Waals surface area contributed by atoms with Gasteiger partial charge in [-0.1, -0.05) is 36.4 Å². The van der Waals surface area contributed by atoms with Crippen LogP contribution in [0, 0.1) is 0 Å². The molecule has 0 radical (unpaired) electrons. The van der Waals surface area contributed by atoms with Crippen LogP contribution in [0.4, 0.5) is 0 Å². The van der Waals surface area contributed by atoms with Crippen LogP contribution in [0.1, 0.15) is 22.8 Å². The molecule has 0 saturated heterocycles. The van der Waals surface area contributed by atoms with Crippen molar-refractivity contribution in [2.45, 2.75) is 13.3 Å². The first-order chi connectivity index (χ1) is 14.2. The maximum atomic E-state index is 13.2. The molecular formula is C23H26N2O4. The van der Waals surface area contributed by atoms with E-state index in [9.17, 15) is 9.59 Å². The topological polar surface area (TPSA) is 71.6 Å². The number of aromatic nitrogens is 1. The molecule has 0 unspecified atom stereocenters. The van der Waals surface area contributed by atoms with E-state index in [0.717, 1.165) is 5.56 Å². The molecule has 0 aliphatic rings. The summed E-state index contributed by atoms with van der Waals surface area (Å²) in [6.45, 7) is 3.85. The molecule has 0 atom stereocenters. The molecule has 3 aromatic rings. The average Bonchev–Trinajstić information content (AvgIpc) is 2.76. The molecule has 0 aliphatic heterocycles. The quantitative estimate of drug-likeness (QED) is 0.566. The Morgan fingerprint density at radius 1 is 1.07 bits per heavy atom. The minimum absolute atomic E-state index is 0.121. The Morgan fingerprint density at radius 2 is 1.86 bits per heavy atom. The number of hydrogen-bond acceptors (Lipinski definition) is 4. The number of nitrogens with zero attached hydrogens (tertiary/aromatic N) is 1. The van der Waals surface area contributed by atoms with Gasteiger partial charge in [-0.15, -0.1) is 0 Å². The fraction of sp³-hybridized carbons (Fsp3) is 0.304. The van der Waals surface area contributed by atoms with Crippen LogP contribution in [0.5, 0.6) is 5.75 Å². The van der Waals surface area contributed by atoms with Crippen molar-refractivity contribution in [1.29, 1.82) is 0 Å². The van der Waals surface area contributed by atoms with E-state index < -0.39 is 0 Å². The molecule has 0 aliphatic carbocycles. The summed E-state index contributed by atoms with van der Waals surface area (Å²) < 4.78 is 10.7. The van der Waals surface area contributed by atoms with Crippen molar-refractivity contribution in [3.05, 3.63) is 76.1 Å². The summed E-state index contributed by atoms with van der Waals surface area (Å²) in [5.41, 5.74) is 1.54. The van der Waals surface area contributed by atoms with Crippen LogP contribution in [-0.4, -0.2) is 49.2 Å². The van der Waals surface area contributed by atoms with E-state index in [1.54, 1.807) is 30.2 Å². The summed E-state index contributed by atoms with van der Waals surface area (Å²) in [5.74, 6) is 0.266. The van der Waals surface area contributed by atoms with Crippen LogP contribution >= 0.6 is 0 Å². The van der Waals surface area contributed by atoms with Crippen molar-refractivity contribution in [1.82, 2.24) is 9.88 Å². The fourth-order valence-electron chi connectivity index (χ4n) is 3.27. The molecule has 1 amide bonds. The van der Waals surface area contributed by atoms with Crippen LogP contribution in [-0.2, 0) is 11.2 Å². The standard InChI is InChI=1S/C23H26N2O4/c1-3-29-15-14-25(13-12-17-8-5-4-6-9-17)23(27)19-16-24-21-18(22(19)26)10-7-11-20(21)28-2/h4-11,16H,3,12-15H2,1-2H3,(H,24,26). The van der Waals surface area contributed by atoms with Crippen molar-refractivity contribution < 1.29 is 14.3 Å². The van der Waals surface area contributed by atoms with Crippen molar-refractivity contribution in [2.24, 2.45) is 0 Å². The Balaban J connectivity index is 1.87. The Bertz CT molecular complexity index is 1010. The highest BCUT2D eigenvalue weighted by Crippen LogP contribution is 2.21. The number of ether oxygens (including phenoxy) is 2. The van der Waals surface area contributed by atoms with Crippen LogP contribution in [0.15, 0.2) is 59.5 Å². The predicted molar refractivity (Wildman–Crippen MR) is 114 cm³/mol. The lowest BCUT2D eigenvalue weighted by Crippen LogP contribution is -2.38. The first-order valence-corrected chi connectivity index (χ1v) is 9.75. The zero-order valence-corrected chi connectivity index (χ0v) is 16.8. The minimum Gasteiger partial charge on any atom is -0.495 e. The van der Waals surface area contributed by atoms with Crippen molar-refractivity contribution in [3.8, 4) is 5.75 Å². The summed E-state index contributed by atoms with van der Waals surface area (Å²) in [6, 6.07) is 15.2. The number of carbonyl (C=O) groups excluding carboxylic acids is 1. The highest BCUT2D eigenvalue weighted by Gasteiger charge is 2.20. The van der Waals surface area contributed by atoms with Gasteiger partial charge in [0.2, 0.25) is 5.43 Å². The van der Waals surface area contributed by atoms with Crippen molar-refractivity contribution >= 4 is 16.8 Å². The van der Waals surface area contributed by atoms with Gasteiger partial charge in [0.25, 0.3) is 5.91 Å². The number of fused-ring (bicyclic) bond motifs is 1. The number of nitrogens with one attached hydrogen (secondary N) is 1. The molecule has 0 spiro atoms. The molecule has 1 N–H and O–H groups in total. The summed E-state index contributed by atoms with van der Waals surface area (Å²) >= 11 is 0. The Labute approximate surface area is 170 Å². The van der Waals surface area contributed by atoms with Gasteiger partial charge in [-0.2, -0.15) is 0 Å². The number of aromatic amines is 1. The van der Waals surface area contributed by atoms with Gasteiger partial charge in [0.1, 0.15) is 11.3 Å². The zero-order chi connectivity index (χ0) is 20.6. The SMILES string of the molecule is CCOCCN(CCc1ccccc1)C(=O)c1c[nH]c2c(OC)cccc2c1=O. The number of hydrogen-bond donors (Lipinski definition) is 1. The van der Waals surface area contributed by atoms with E-state index in [-0.39, 0.29) is 16.9 Å². The third kappa shape index (κ3) is 4.84. The highest BCUT2D eigenvalue weighted by molar-refractivity contribution is 5.98. The third-order valence-corrected chi connectivity index (χ3v) is 4.84. The van der Waals surface area contributed by atoms with Crippen LogP contribution in [0.3, 0.4) is 0 Å². The summed E-state index contributed by atoms with van der Waals surface area (Å²) in [5, 5.41) is 0.433. The van der Waals surface area contributed by atoms with Gasteiger partial charge in [-0.25, -0.2) is 0 Å². The number of H-pyrrole nitrogens is 1. The Hall–Kier alpha value is -3.12. The normalized spacial score (nSPS) is 10.8. The van der Waals surface area contributed by atoms with Crippen LogP contribution < -0.4 is 10.2 Å². The number of rotatable bonds is 9. The molecule has 152 valence electrons. The van der Waals surface area contributed by atoms with Gasteiger partial charge in [-0.05, 0) is 31.0 Å². The predicted octanol–water partition coefficient (Wildman–Crippen LogP) is 3.26. The van der Waals surface area contributed by atoms with Crippen molar-refractivity contribution in [3.63, 3.8) is 0 Å². The van der Waals surface area contributed by atoms with Gasteiger partial charge in [0.15, 0.2) is 0 Å². The van der Waals surface area contributed by atoms with Gasteiger partial charge < -0.3 is 19.4 Å². The van der Waals surface area contributed by atoms with Crippen LogP contribution in [0.25, 0.3) is 10.9 Å². The average molecular weight is 394 g/mol. The van der Waals surface area contributed by atoms with E-state index in [0.29, 0.717) is 49.4 Å². The smallest absolute Gasteiger partial charge is 0.259 e. The molecule has 6 nitrogen and oxygen atoms in total. The lowest BCUT2D eigenvalue weighted by atomic mass is 10.1. The van der Waals surface area contributed by atoms with Gasteiger partial charge in [0.05, 0.1) is 24.6 Å². The number of methoxy groups -OCH3 is 1. The molecule has 29 heavy (non-hydrogen) atoms. The largest absolute Gasteiger partial charge is 0.495 e. The zero-order valence-electron chi connectivity index (χ0n) is 16.8. The van der Waals surface area contributed by atoms with Gasteiger partial charge >= 0.3 is 0 Å². The number of benzene rings is 2. The Morgan fingerprint density at radius 3 is 2.59 bits per heavy atom. The van der Waals surface area contributed by atoms with Crippen LogP contribution in [0.2, 0.25) is 0 Å². The molecule has 1 heterocycles. The Kier molecular flexibility index (Phi) is 7.03. The van der Waals surface area contributed by atoms with E-state index in [4.69, 9.17) is 9.47 Å². The lowest BCUT2D eigenvalue weighted by molar-refractivity contribution is 0.0658. The van der Waals surface area contributed by atoms with Crippen molar-refractivity contribution in [2.75, 3.05) is 33.4 Å². The van der Waals surface area contributed by atoms with E-state index in [1.165, 1.54) is 6.20 Å². The fourth-order valence-corrected chi connectivity index (χ4v) is 3.27. The molecule has 0 bridgehead atoms. The number of amides is 1. The summed E-state index contributed by atoms with van der Waals surface area (Å²) in [7, 11) is 1.55. The monoisotopic (exact) mass is 394 g/mol. The molecule has 0 fully saturated rings. The molecular weight excluding hydrogens is 368 g/mol. The first-order valence-electron chi connectivity index (χ1n) is 9.75. The molecule has 1 aromatic heterocycles. The maximum absolute atomic E-state index is 13.2. The lowest BCUT2D eigenvalue weighted by Gasteiger charge is -2.22.